The monoisotopic (exact) mass is 322 g/mol. The number of aromatic nitrogens is 1. The largest absolute Gasteiger partial charge is 0.361 e. The van der Waals surface area contributed by atoms with Crippen LogP contribution < -0.4 is 5.32 Å². The molecule has 0 aliphatic carbocycles. The maximum atomic E-state index is 12.3. The summed E-state index contributed by atoms with van der Waals surface area (Å²) < 4.78 is 29.4. The molecule has 1 aromatic heterocycles. The third kappa shape index (κ3) is 3.94. The minimum absolute atomic E-state index is 0.136. The molecule has 1 amide bonds. The summed E-state index contributed by atoms with van der Waals surface area (Å²) in [4.78, 5) is 12.2. The summed E-state index contributed by atoms with van der Waals surface area (Å²) in [6.45, 7) is 5.20. The molecular weight excluding hydrogens is 304 g/mol. The van der Waals surface area contributed by atoms with E-state index in [0.717, 1.165) is 5.56 Å². The molecule has 22 heavy (non-hydrogen) atoms. The van der Waals surface area contributed by atoms with E-state index in [2.05, 4.69) is 10.5 Å². The Morgan fingerprint density at radius 1 is 1.27 bits per heavy atom. The molecular formula is C15H18N2O4S. The number of hydrogen-bond acceptors (Lipinski definition) is 5. The second-order valence-corrected chi connectivity index (χ2v) is 7.33. The summed E-state index contributed by atoms with van der Waals surface area (Å²) in [5.74, 6) is -0.118. The van der Waals surface area contributed by atoms with E-state index in [4.69, 9.17) is 4.52 Å². The standard InChI is InChI=1S/C15H18N2O4S/c1-10-4-6-13(7-5-10)22(19,20)9-11(2)16-15(18)14-8-12(3)21-17-14/h4-8,11H,9H2,1-3H3,(H,16,18)/t11-/m1/s1. The fourth-order valence-electron chi connectivity index (χ4n) is 1.98. The van der Waals surface area contributed by atoms with Gasteiger partial charge in [0.2, 0.25) is 0 Å². The zero-order valence-electron chi connectivity index (χ0n) is 12.7. The van der Waals surface area contributed by atoms with E-state index in [9.17, 15) is 13.2 Å². The van der Waals surface area contributed by atoms with Crippen LogP contribution in [0.15, 0.2) is 39.8 Å². The van der Waals surface area contributed by atoms with Crippen molar-refractivity contribution in [1.29, 1.82) is 0 Å². The summed E-state index contributed by atoms with van der Waals surface area (Å²) in [6.07, 6.45) is 0. The van der Waals surface area contributed by atoms with Gasteiger partial charge < -0.3 is 9.84 Å². The van der Waals surface area contributed by atoms with Gasteiger partial charge in [0, 0.05) is 12.1 Å². The molecule has 0 bridgehead atoms. The third-order valence-corrected chi connectivity index (χ3v) is 5.02. The summed E-state index contributed by atoms with van der Waals surface area (Å²) in [5.41, 5.74) is 1.12. The molecule has 0 radical (unpaired) electrons. The summed E-state index contributed by atoms with van der Waals surface area (Å²) in [6, 6.07) is 7.58. The van der Waals surface area contributed by atoms with Crippen LogP contribution in [0, 0.1) is 13.8 Å². The second-order valence-electron chi connectivity index (χ2n) is 5.29. The lowest BCUT2D eigenvalue weighted by atomic mass is 10.2. The molecule has 0 spiro atoms. The van der Waals surface area contributed by atoms with Crippen LogP contribution in [0.1, 0.15) is 28.7 Å². The van der Waals surface area contributed by atoms with E-state index in [1.165, 1.54) is 6.07 Å². The minimum Gasteiger partial charge on any atom is -0.361 e. The molecule has 1 heterocycles. The zero-order chi connectivity index (χ0) is 16.3. The number of hydrogen-bond donors (Lipinski definition) is 1. The van der Waals surface area contributed by atoms with Crippen molar-refractivity contribution in [1.82, 2.24) is 10.5 Å². The van der Waals surface area contributed by atoms with E-state index in [1.807, 2.05) is 6.92 Å². The summed E-state index contributed by atoms with van der Waals surface area (Å²) >= 11 is 0. The van der Waals surface area contributed by atoms with Gasteiger partial charge in [-0.2, -0.15) is 0 Å². The van der Waals surface area contributed by atoms with Crippen LogP contribution >= 0.6 is 0 Å². The molecule has 0 aliphatic rings. The van der Waals surface area contributed by atoms with Crippen molar-refractivity contribution in [2.45, 2.75) is 31.7 Å². The molecule has 0 fully saturated rings. The number of sulfone groups is 1. The number of nitrogens with one attached hydrogen (secondary N) is 1. The number of carbonyl (C=O) groups is 1. The van der Waals surface area contributed by atoms with Crippen molar-refractivity contribution in [2.75, 3.05) is 5.75 Å². The third-order valence-electron chi connectivity index (χ3n) is 3.09. The SMILES string of the molecule is Cc1ccc(S(=O)(=O)C[C@@H](C)NC(=O)c2cc(C)on2)cc1. The van der Waals surface area contributed by atoms with Crippen LogP contribution in [0.25, 0.3) is 0 Å². The fraction of sp³-hybridized carbons (Fsp3) is 0.333. The molecule has 2 rings (SSSR count). The smallest absolute Gasteiger partial charge is 0.273 e. The Hall–Kier alpha value is -2.15. The molecule has 0 saturated carbocycles. The molecule has 0 aliphatic heterocycles. The second kappa shape index (κ2) is 6.31. The van der Waals surface area contributed by atoms with Gasteiger partial charge in [0.15, 0.2) is 15.5 Å². The molecule has 0 unspecified atom stereocenters. The highest BCUT2D eigenvalue weighted by Gasteiger charge is 2.21. The predicted molar refractivity (Wildman–Crippen MR) is 81.4 cm³/mol. The van der Waals surface area contributed by atoms with E-state index >= 15 is 0 Å². The topological polar surface area (TPSA) is 89.3 Å². The Kier molecular flexibility index (Phi) is 4.65. The van der Waals surface area contributed by atoms with E-state index in [1.54, 1.807) is 38.1 Å². The highest BCUT2D eigenvalue weighted by Crippen LogP contribution is 2.13. The Morgan fingerprint density at radius 3 is 2.45 bits per heavy atom. The average Bonchev–Trinajstić information content (AvgIpc) is 2.85. The number of nitrogens with zero attached hydrogens (tertiary/aromatic N) is 1. The Balaban J connectivity index is 2.03. The van der Waals surface area contributed by atoms with Gasteiger partial charge in [0.1, 0.15) is 5.76 Å². The van der Waals surface area contributed by atoms with Gasteiger partial charge in [0.05, 0.1) is 10.6 Å². The molecule has 118 valence electrons. The highest BCUT2D eigenvalue weighted by atomic mass is 32.2. The quantitative estimate of drug-likeness (QED) is 0.908. The van der Waals surface area contributed by atoms with Crippen LogP contribution in [-0.4, -0.2) is 31.3 Å². The molecule has 1 atom stereocenters. The number of amides is 1. The Labute approximate surface area is 129 Å². The minimum atomic E-state index is -3.46. The lowest BCUT2D eigenvalue weighted by Gasteiger charge is -2.13. The molecule has 2 aromatic rings. The van der Waals surface area contributed by atoms with Crippen LogP contribution in [0.2, 0.25) is 0 Å². The first kappa shape index (κ1) is 16.2. The summed E-state index contributed by atoms with van der Waals surface area (Å²) in [7, 11) is -3.46. The van der Waals surface area contributed by atoms with Crippen LogP contribution in [0.4, 0.5) is 0 Å². The van der Waals surface area contributed by atoms with Gasteiger partial charge >= 0.3 is 0 Å². The maximum absolute atomic E-state index is 12.3. The van der Waals surface area contributed by atoms with E-state index in [-0.39, 0.29) is 16.3 Å². The van der Waals surface area contributed by atoms with Crippen molar-refractivity contribution in [3.8, 4) is 0 Å². The Bertz CT molecular complexity index is 763. The predicted octanol–water partition coefficient (Wildman–Crippen LogP) is 1.88. The first-order chi connectivity index (χ1) is 10.3. The van der Waals surface area contributed by atoms with Crippen molar-refractivity contribution in [3.63, 3.8) is 0 Å². The van der Waals surface area contributed by atoms with Crippen LogP contribution in [0.3, 0.4) is 0 Å². The first-order valence-electron chi connectivity index (χ1n) is 6.81. The van der Waals surface area contributed by atoms with Crippen molar-refractivity contribution >= 4 is 15.7 Å². The molecule has 1 N–H and O–H groups in total. The molecule has 1 aromatic carbocycles. The fourth-order valence-corrected chi connectivity index (χ4v) is 3.47. The van der Waals surface area contributed by atoms with Crippen molar-refractivity contribution in [3.05, 3.63) is 47.3 Å². The van der Waals surface area contributed by atoms with Crippen LogP contribution in [-0.2, 0) is 9.84 Å². The van der Waals surface area contributed by atoms with Crippen LogP contribution in [0.5, 0.6) is 0 Å². The van der Waals surface area contributed by atoms with E-state index < -0.39 is 21.8 Å². The molecule has 7 heteroatoms. The number of rotatable bonds is 5. The van der Waals surface area contributed by atoms with Crippen molar-refractivity contribution < 1.29 is 17.7 Å². The number of benzene rings is 1. The lowest BCUT2D eigenvalue weighted by Crippen LogP contribution is -2.37. The average molecular weight is 322 g/mol. The van der Waals surface area contributed by atoms with Gasteiger partial charge in [-0.3, -0.25) is 4.79 Å². The molecule has 0 saturated heterocycles. The zero-order valence-corrected chi connectivity index (χ0v) is 13.5. The van der Waals surface area contributed by atoms with Crippen molar-refractivity contribution in [2.24, 2.45) is 0 Å². The molecule has 6 nitrogen and oxygen atoms in total. The van der Waals surface area contributed by atoms with Gasteiger partial charge in [-0.25, -0.2) is 8.42 Å². The lowest BCUT2D eigenvalue weighted by molar-refractivity contribution is 0.0934. The van der Waals surface area contributed by atoms with Gasteiger partial charge in [-0.1, -0.05) is 22.9 Å². The first-order valence-corrected chi connectivity index (χ1v) is 8.47. The number of aryl methyl sites for hydroxylation is 2. The Morgan fingerprint density at radius 2 is 1.91 bits per heavy atom. The maximum Gasteiger partial charge on any atom is 0.273 e. The normalized spacial score (nSPS) is 12.9. The number of carbonyl (C=O) groups excluding carboxylic acids is 1. The highest BCUT2D eigenvalue weighted by molar-refractivity contribution is 7.91. The van der Waals surface area contributed by atoms with Gasteiger partial charge in [-0.15, -0.1) is 0 Å². The van der Waals surface area contributed by atoms with E-state index in [0.29, 0.717) is 5.76 Å². The summed E-state index contributed by atoms with van der Waals surface area (Å²) in [5, 5.41) is 6.20. The van der Waals surface area contributed by atoms with Gasteiger partial charge in [-0.05, 0) is 32.9 Å². The van der Waals surface area contributed by atoms with Gasteiger partial charge in [0.25, 0.3) is 5.91 Å².